The smallest absolute Gasteiger partial charge is 0.197 e. The molecule has 0 amide bonds. The molecule has 0 bridgehead atoms. The van der Waals surface area contributed by atoms with Crippen molar-refractivity contribution in [1.29, 1.82) is 0 Å². The molecule has 0 aliphatic carbocycles. The van der Waals surface area contributed by atoms with Gasteiger partial charge in [-0.05, 0) is 18.6 Å². The fraction of sp³-hybridized carbons (Fsp3) is 0.286. The Balaban J connectivity index is 1.94. The van der Waals surface area contributed by atoms with E-state index in [0.29, 0.717) is 21.4 Å². The van der Waals surface area contributed by atoms with Gasteiger partial charge in [0.1, 0.15) is 11.4 Å². The Morgan fingerprint density at radius 2 is 2.04 bits per heavy atom. The van der Waals surface area contributed by atoms with Crippen molar-refractivity contribution in [2.24, 2.45) is 0 Å². The number of hydrogen-bond donors (Lipinski definition) is 0. The molecule has 10 heteroatoms. The molecule has 2 heterocycles. The Labute approximate surface area is 157 Å². The summed E-state index contributed by atoms with van der Waals surface area (Å²) in [6.45, 7) is 0. The maximum absolute atomic E-state index is 12.2. The lowest BCUT2D eigenvalue weighted by atomic mass is 10.3. The van der Waals surface area contributed by atoms with Gasteiger partial charge in [0.2, 0.25) is 0 Å². The molecule has 0 spiro atoms. The number of rotatable bonds is 6. The van der Waals surface area contributed by atoms with Crippen molar-refractivity contribution in [3.63, 3.8) is 0 Å². The van der Waals surface area contributed by atoms with Gasteiger partial charge in [-0.2, -0.15) is 0 Å². The predicted molar refractivity (Wildman–Crippen MR) is 98.9 cm³/mol. The molecule has 0 saturated carbocycles. The molecule has 0 aliphatic rings. The van der Waals surface area contributed by atoms with E-state index in [-0.39, 0.29) is 17.3 Å². The summed E-state index contributed by atoms with van der Waals surface area (Å²) < 4.78 is 26.2. The summed E-state index contributed by atoms with van der Waals surface area (Å²) in [6, 6.07) is 3.44. The van der Waals surface area contributed by atoms with E-state index in [4.69, 9.17) is 34.8 Å². The lowest BCUT2D eigenvalue weighted by Gasteiger charge is -2.00. The topological polar surface area (TPSA) is 68.5 Å². The van der Waals surface area contributed by atoms with E-state index in [1.807, 2.05) is 0 Å². The Bertz CT molecular complexity index is 1040. The first-order valence-electron chi connectivity index (χ1n) is 6.87. The van der Waals surface area contributed by atoms with Crippen LogP contribution in [0.25, 0.3) is 15.2 Å². The highest BCUT2D eigenvalue weighted by molar-refractivity contribution is 7.92. The van der Waals surface area contributed by atoms with Crippen LogP contribution in [-0.2, 0) is 9.84 Å². The van der Waals surface area contributed by atoms with Gasteiger partial charge in [-0.3, -0.25) is 9.20 Å². The third kappa shape index (κ3) is 3.41. The Morgan fingerprint density at radius 1 is 1.29 bits per heavy atom. The maximum Gasteiger partial charge on any atom is 0.197 e. The highest BCUT2D eigenvalue weighted by Crippen LogP contribution is 2.36. The maximum atomic E-state index is 12.2. The third-order valence-corrected chi connectivity index (χ3v) is 7.27. The summed E-state index contributed by atoms with van der Waals surface area (Å²) in [5, 5.41) is 0.872. The van der Waals surface area contributed by atoms with Crippen molar-refractivity contribution in [2.75, 3.05) is 17.4 Å². The number of nitrogens with zero attached hydrogens (tertiary/aromatic N) is 2. The second kappa shape index (κ2) is 6.80. The lowest BCUT2D eigenvalue weighted by molar-refractivity contribution is 0.101. The van der Waals surface area contributed by atoms with E-state index >= 15 is 0 Å². The average molecular weight is 426 g/mol. The lowest BCUT2D eigenvalue weighted by Crippen LogP contribution is -2.19. The number of benzene rings is 1. The quantitative estimate of drug-likeness (QED) is 0.441. The van der Waals surface area contributed by atoms with E-state index in [0.717, 1.165) is 10.2 Å². The zero-order chi connectivity index (χ0) is 17.5. The molecule has 0 saturated heterocycles. The van der Waals surface area contributed by atoms with Crippen LogP contribution in [0, 0.1) is 0 Å². The van der Waals surface area contributed by atoms with E-state index in [1.54, 1.807) is 16.5 Å². The van der Waals surface area contributed by atoms with E-state index in [1.165, 1.54) is 17.5 Å². The molecule has 0 aliphatic heterocycles. The van der Waals surface area contributed by atoms with Crippen molar-refractivity contribution in [3.05, 3.63) is 34.1 Å². The van der Waals surface area contributed by atoms with Gasteiger partial charge < -0.3 is 0 Å². The minimum absolute atomic E-state index is 0.110. The van der Waals surface area contributed by atoms with Crippen molar-refractivity contribution >= 4 is 76.9 Å². The van der Waals surface area contributed by atoms with Crippen LogP contribution in [0.5, 0.6) is 0 Å². The number of carbonyl (C=O) groups is 1. The van der Waals surface area contributed by atoms with Crippen LogP contribution >= 0.6 is 46.1 Å². The molecule has 2 aromatic heterocycles. The van der Waals surface area contributed by atoms with Gasteiger partial charge in [-0.1, -0.05) is 34.5 Å². The summed E-state index contributed by atoms with van der Waals surface area (Å²) >= 11 is 19.0. The number of aromatic nitrogens is 2. The van der Waals surface area contributed by atoms with E-state index in [9.17, 15) is 13.2 Å². The molecule has 0 radical (unpaired) electrons. The van der Waals surface area contributed by atoms with Crippen LogP contribution in [0.15, 0.2) is 18.3 Å². The molecule has 0 unspecified atom stereocenters. The first-order chi connectivity index (χ1) is 11.3. The van der Waals surface area contributed by atoms with Crippen LogP contribution in [-0.4, -0.2) is 41.0 Å². The monoisotopic (exact) mass is 424 g/mol. The van der Waals surface area contributed by atoms with E-state index in [2.05, 4.69) is 4.98 Å². The van der Waals surface area contributed by atoms with Crippen LogP contribution in [0.4, 0.5) is 0 Å². The minimum atomic E-state index is -3.48. The fourth-order valence-corrected chi connectivity index (χ4v) is 5.37. The zero-order valence-electron chi connectivity index (χ0n) is 12.1. The molecule has 128 valence electrons. The van der Waals surface area contributed by atoms with Crippen LogP contribution < -0.4 is 0 Å². The summed E-state index contributed by atoms with van der Waals surface area (Å²) in [5.41, 5.74) is 0.879. The second-order valence-corrected chi connectivity index (χ2v) is 9.47. The van der Waals surface area contributed by atoms with Crippen LogP contribution in [0.1, 0.15) is 16.9 Å². The van der Waals surface area contributed by atoms with Crippen molar-refractivity contribution < 1.29 is 13.2 Å². The number of halogens is 3. The minimum Gasteiger partial charge on any atom is -0.291 e. The Morgan fingerprint density at radius 3 is 2.75 bits per heavy atom. The summed E-state index contributed by atoms with van der Waals surface area (Å²) in [6.07, 6.45) is 1.84. The van der Waals surface area contributed by atoms with Crippen molar-refractivity contribution in [3.8, 4) is 0 Å². The number of thiazole rings is 1. The molecular formula is C14H11Cl3N2O3S2. The number of carbonyl (C=O) groups excluding carboxylic acids is 1. The normalized spacial score (nSPS) is 12.3. The van der Waals surface area contributed by atoms with Crippen molar-refractivity contribution in [2.45, 2.75) is 6.42 Å². The number of alkyl halides is 1. The predicted octanol–water partition coefficient (Wildman–Crippen LogP) is 4.08. The van der Waals surface area contributed by atoms with Crippen LogP contribution in [0.3, 0.4) is 0 Å². The van der Waals surface area contributed by atoms with Gasteiger partial charge in [0.05, 0.1) is 26.0 Å². The van der Waals surface area contributed by atoms with Gasteiger partial charge in [0.25, 0.3) is 0 Å². The summed E-state index contributed by atoms with van der Waals surface area (Å²) in [4.78, 5) is 17.0. The SMILES string of the molecule is O=C(CS(=O)(=O)CCCCl)c1cn2c(n1)sc1c(Cl)c(Cl)ccc12. The van der Waals surface area contributed by atoms with Gasteiger partial charge in [-0.15, -0.1) is 11.6 Å². The standard InChI is InChI=1S/C14H11Cl3N2O3S2/c15-4-1-5-24(21,22)7-11(20)9-6-19-10-3-2-8(16)12(17)13(10)23-14(19)18-9/h2-3,6H,1,4-5,7H2. The zero-order valence-corrected chi connectivity index (χ0v) is 16.0. The number of Topliss-reactive ketones (excluding diaryl/α,β-unsaturated/α-hetero) is 1. The first-order valence-corrected chi connectivity index (χ1v) is 10.8. The van der Waals surface area contributed by atoms with Crippen LogP contribution in [0.2, 0.25) is 10.0 Å². The number of hydrogen-bond acceptors (Lipinski definition) is 5. The molecule has 3 rings (SSSR count). The Hall–Kier alpha value is -0.860. The molecule has 1 aromatic carbocycles. The average Bonchev–Trinajstić information content (AvgIpc) is 3.07. The van der Waals surface area contributed by atoms with E-state index < -0.39 is 21.4 Å². The van der Waals surface area contributed by atoms with Crippen molar-refractivity contribution in [1.82, 2.24) is 9.38 Å². The van der Waals surface area contributed by atoms with Gasteiger partial charge in [-0.25, -0.2) is 13.4 Å². The summed E-state index contributed by atoms with van der Waals surface area (Å²) in [7, 11) is -3.48. The fourth-order valence-electron chi connectivity index (χ4n) is 2.26. The molecule has 24 heavy (non-hydrogen) atoms. The molecule has 5 nitrogen and oxygen atoms in total. The van der Waals surface area contributed by atoms with Gasteiger partial charge >= 0.3 is 0 Å². The largest absolute Gasteiger partial charge is 0.291 e. The number of sulfone groups is 1. The Kier molecular flexibility index (Phi) is 5.09. The van der Waals surface area contributed by atoms with Gasteiger partial charge in [0.15, 0.2) is 20.6 Å². The number of imidazole rings is 1. The second-order valence-electron chi connectivity index (χ2n) is 5.15. The number of ketones is 1. The highest BCUT2D eigenvalue weighted by Gasteiger charge is 2.21. The molecule has 0 atom stereocenters. The molecule has 0 fully saturated rings. The highest BCUT2D eigenvalue weighted by atomic mass is 35.5. The molecular weight excluding hydrogens is 415 g/mol. The molecule has 0 N–H and O–H groups in total. The molecule has 3 aromatic rings. The summed E-state index contributed by atoms with van der Waals surface area (Å²) in [5.74, 6) is -0.974. The van der Waals surface area contributed by atoms with Gasteiger partial charge in [0, 0.05) is 12.1 Å². The first kappa shape index (κ1) is 17.9. The number of fused-ring (bicyclic) bond motifs is 3. The third-order valence-electron chi connectivity index (χ3n) is 3.38.